The number of nitrogens with zero attached hydrogens (tertiary/aromatic N) is 1. The van der Waals surface area contributed by atoms with Crippen molar-refractivity contribution in [3.05, 3.63) is 29.8 Å². The molecule has 3 N–H and O–H groups in total. The second-order valence-corrected chi connectivity index (χ2v) is 5.60. The Labute approximate surface area is 139 Å². The quantitative estimate of drug-likeness (QED) is 0.614. The highest BCUT2D eigenvalue weighted by atomic mass is 19.4. The maximum atomic E-state index is 12.1. The van der Waals surface area contributed by atoms with Crippen LogP contribution in [0.25, 0.3) is 0 Å². The standard InChI is InChI=1S/C16H22F3N3O2/c17-16(18,19)24-14-6-4-12(5-7-14)11-22-15(20)21-9-8-13-3-1-2-10-23-13/h4-7,13H,1-3,8-11H2,(H3,20,21,22). The van der Waals surface area contributed by atoms with Crippen molar-refractivity contribution in [2.45, 2.75) is 44.7 Å². The van der Waals surface area contributed by atoms with E-state index in [0.29, 0.717) is 12.5 Å². The zero-order valence-electron chi connectivity index (χ0n) is 13.3. The molecule has 1 aromatic carbocycles. The lowest BCUT2D eigenvalue weighted by Crippen LogP contribution is -2.34. The Morgan fingerprint density at radius 1 is 1.29 bits per heavy atom. The van der Waals surface area contributed by atoms with Crippen LogP contribution in [0.4, 0.5) is 13.2 Å². The second kappa shape index (κ2) is 8.77. The summed E-state index contributed by atoms with van der Waals surface area (Å²) in [6.07, 6.45) is -0.135. The van der Waals surface area contributed by atoms with Crippen LogP contribution in [-0.2, 0) is 11.3 Å². The number of ether oxygens (including phenoxy) is 2. The van der Waals surface area contributed by atoms with Gasteiger partial charge in [-0.1, -0.05) is 12.1 Å². The molecule has 0 radical (unpaired) electrons. The first-order valence-electron chi connectivity index (χ1n) is 7.92. The third kappa shape index (κ3) is 7.08. The molecule has 0 amide bonds. The van der Waals surface area contributed by atoms with Gasteiger partial charge in [0.2, 0.25) is 0 Å². The smallest absolute Gasteiger partial charge is 0.406 e. The molecule has 1 unspecified atom stereocenters. The van der Waals surface area contributed by atoms with Gasteiger partial charge >= 0.3 is 6.36 Å². The second-order valence-electron chi connectivity index (χ2n) is 5.60. The van der Waals surface area contributed by atoms with Crippen molar-refractivity contribution < 1.29 is 22.6 Å². The summed E-state index contributed by atoms with van der Waals surface area (Å²) in [5.74, 6) is 0.0511. The van der Waals surface area contributed by atoms with E-state index < -0.39 is 6.36 Å². The van der Waals surface area contributed by atoms with Gasteiger partial charge in [0.1, 0.15) is 5.75 Å². The predicted octanol–water partition coefficient (Wildman–Crippen LogP) is 2.95. The third-order valence-electron chi connectivity index (χ3n) is 3.64. The van der Waals surface area contributed by atoms with Crippen molar-refractivity contribution >= 4 is 5.96 Å². The minimum absolute atomic E-state index is 0.256. The number of nitrogens with one attached hydrogen (secondary N) is 1. The van der Waals surface area contributed by atoms with Crippen LogP contribution in [0.15, 0.2) is 29.3 Å². The lowest BCUT2D eigenvalue weighted by atomic mass is 10.1. The molecule has 5 nitrogen and oxygen atoms in total. The molecule has 1 saturated heterocycles. The van der Waals surface area contributed by atoms with E-state index in [4.69, 9.17) is 10.5 Å². The van der Waals surface area contributed by atoms with Gasteiger partial charge < -0.3 is 20.5 Å². The van der Waals surface area contributed by atoms with Crippen molar-refractivity contribution in [2.24, 2.45) is 10.7 Å². The molecule has 0 spiro atoms. The Balaban J connectivity index is 1.71. The highest BCUT2D eigenvalue weighted by Gasteiger charge is 2.30. The van der Waals surface area contributed by atoms with E-state index in [1.165, 1.54) is 30.7 Å². The van der Waals surface area contributed by atoms with Crippen molar-refractivity contribution in [3.63, 3.8) is 0 Å². The van der Waals surface area contributed by atoms with Crippen LogP contribution in [0.2, 0.25) is 0 Å². The van der Waals surface area contributed by atoms with Crippen molar-refractivity contribution in [3.8, 4) is 5.75 Å². The molecular weight excluding hydrogens is 323 g/mol. The van der Waals surface area contributed by atoms with Crippen LogP contribution in [0.3, 0.4) is 0 Å². The average Bonchev–Trinajstić information content (AvgIpc) is 2.54. The van der Waals surface area contributed by atoms with Crippen LogP contribution in [0.5, 0.6) is 5.75 Å². The minimum Gasteiger partial charge on any atom is -0.406 e. The Morgan fingerprint density at radius 2 is 2.04 bits per heavy atom. The Bertz CT molecular complexity index is 526. The van der Waals surface area contributed by atoms with Crippen molar-refractivity contribution in [1.29, 1.82) is 0 Å². The largest absolute Gasteiger partial charge is 0.573 e. The Kier molecular flexibility index (Phi) is 6.72. The molecule has 1 aliphatic heterocycles. The average molecular weight is 345 g/mol. The minimum atomic E-state index is -4.68. The number of guanidine groups is 1. The van der Waals surface area contributed by atoms with Crippen LogP contribution >= 0.6 is 0 Å². The molecule has 0 bridgehead atoms. The Hall–Kier alpha value is -1.96. The van der Waals surface area contributed by atoms with E-state index in [9.17, 15) is 13.2 Å². The molecule has 134 valence electrons. The lowest BCUT2D eigenvalue weighted by molar-refractivity contribution is -0.274. The van der Waals surface area contributed by atoms with E-state index in [1.807, 2.05) is 0 Å². The predicted molar refractivity (Wildman–Crippen MR) is 84.7 cm³/mol. The monoisotopic (exact) mass is 345 g/mol. The molecule has 1 aliphatic rings. The molecule has 2 rings (SSSR count). The molecule has 1 heterocycles. The summed E-state index contributed by atoms with van der Waals surface area (Å²) in [7, 11) is 0. The molecule has 0 aliphatic carbocycles. The summed E-state index contributed by atoms with van der Waals surface area (Å²) in [6, 6.07) is 5.55. The highest BCUT2D eigenvalue weighted by Crippen LogP contribution is 2.22. The van der Waals surface area contributed by atoms with Crippen LogP contribution < -0.4 is 15.8 Å². The summed E-state index contributed by atoms with van der Waals surface area (Å²) in [5, 5.41) is 3.02. The summed E-state index contributed by atoms with van der Waals surface area (Å²) in [4.78, 5) is 4.16. The van der Waals surface area contributed by atoms with Gasteiger partial charge in [-0.2, -0.15) is 0 Å². The summed E-state index contributed by atoms with van der Waals surface area (Å²) < 4.78 is 45.6. The molecule has 1 aromatic rings. The normalized spacial score (nSPS) is 19.1. The van der Waals surface area contributed by atoms with Crippen LogP contribution in [0, 0.1) is 0 Å². The van der Waals surface area contributed by atoms with E-state index in [-0.39, 0.29) is 18.4 Å². The van der Waals surface area contributed by atoms with Crippen molar-refractivity contribution in [1.82, 2.24) is 5.32 Å². The molecule has 0 aromatic heterocycles. The van der Waals surface area contributed by atoms with Crippen LogP contribution in [-0.4, -0.2) is 31.6 Å². The number of hydrogen-bond acceptors (Lipinski definition) is 3. The fraction of sp³-hybridized carbons (Fsp3) is 0.562. The van der Waals surface area contributed by atoms with Gasteiger partial charge in [0.05, 0.1) is 12.6 Å². The first-order valence-corrected chi connectivity index (χ1v) is 7.92. The zero-order valence-corrected chi connectivity index (χ0v) is 13.3. The van der Waals surface area contributed by atoms with E-state index in [0.717, 1.165) is 31.4 Å². The zero-order chi connectivity index (χ0) is 17.4. The van der Waals surface area contributed by atoms with Gasteiger partial charge in [0, 0.05) is 13.2 Å². The molecule has 1 atom stereocenters. The molecular formula is C16H22F3N3O2. The van der Waals surface area contributed by atoms with Gasteiger partial charge in [-0.05, 0) is 43.4 Å². The first-order chi connectivity index (χ1) is 11.4. The summed E-state index contributed by atoms with van der Waals surface area (Å²) in [5.41, 5.74) is 6.52. The van der Waals surface area contributed by atoms with E-state index in [1.54, 1.807) is 0 Å². The molecule has 24 heavy (non-hydrogen) atoms. The number of hydrogen-bond donors (Lipinski definition) is 2. The first kappa shape index (κ1) is 18.4. The van der Waals surface area contributed by atoms with Gasteiger partial charge in [-0.15, -0.1) is 13.2 Å². The molecule has 0 saturated carbocycles. The summed E-state index contributed by atoms with van der Waals surface area (Å²) in [6.45, 7) is 1.78. The fourth-order valence-electron chi connectivity index (χ4n) is 2.43. The number of benzene rings is 1. The maximum absolute atomic E-state index is 12.1. The summed E-state index contributed by atoms with van der Waals surface area (Å²) >= 11 is 0. The number of aliphatic imine (C=N–C) groups is 1. The number of alkyl halides is 3. The number of halogens is 3. The van der Waals surface area contributed by atoms with Gasteiger partial charge in [0.25, 0.3) is 0 Å². The Morgan fingerprint density at radius 3 is 2.67 bits per heavy atom. The van der Waals surface area contributed by atoms with Gasteiger partial charge in [-0.25, -0.2) is 4.99 Å². The number of rotatable bonds is 6. The SMILES string of the molecule is NC(=NCc1ccc(OC(F)(F)F)cc1)NCCC1CCCCO1. The topological polar surface area (TPSA) is 68.9 Å². The van der Waals surface area contributed by atoms with E-state index >= 15 is 0 Å². The molecule has 8 heteroatoms. The van der Waals surface area contributed by atoms with Gasteiger partial charge in [0.15, 0.2) is 5.96 Å². The fourth-order valence-corrected chi connectivity index (χ4v) is 2.43. The molecule has 1 fully saturated rings. The lowest BCUT2D eigenvalue weighted by Gasteiger charge is -2.22. The maximum Gasteiger partial charge on any atom is 0.573 e. The highest BCUT2D eigenvalue weighted by molar-refractivity contribution is 5.77. The third-order valence-corrected chi connectivity index (χ3v) is 3.64. The van der Waals surface area contributed by atoms with Crippen LogP contribution in [0.1, 0.15) is 31.2 Å². The van der Waals surface area contributed by atoms with Gasteiger partial charge in [-0.3, -0.25) is 0 Å². The van der Waals surface area contributed by atoms with Crippen molar-refractivity contribution in [2.75, 3.05) is 13.2 Å². The van der Waals surface area contributed by atoms with E-state index in [2.05, 4.69) is 15.0 Å². The number of nitrogens with two attached hydrogens (primary N) is 1.